The summed E-state index contributed by atoms with van der Waals surface area (Å²) in [5.41, 5.74) is 3.69. The second-order valence-electron chi connectivity index (χ2n) is 8.27. The van der Waals surface area contributed by atoms with Gasteiger partial charge in [0.25, 0.3) is 5.91 Å². The van der Waals surface area contributed by atoms with E-state index < -0.39 is 6.04 Å². The van der Waals surface area contributed by atoms with Gasteiger partial charge in [0.1, 0.15) is 11.8 Å². The van der Waals surface area contributed by atoms with Crippen molar-refractivity contribution in [3.8, 4) is 5.75 Å². The van der Waals surface area contributed by atoms with E-state index in [-0.39, 0.29) is 5.91 Å². The number of pyridine rings is 1. The Morgan fingerprint density at radius 1 is 1.14 bits per heavy atom. The van der Waals surface area contributed by atoms with Crippen molar-refractivity contribution in [1.29, 1.82) is 0 Å². The number of nitrogens with zero attached hydrogens (tertiary/aromatic N) is 4. The van der Waals surface area contributed by atoms with Crippen molar-refractivity contribution in [1.82, 2.24) is 19.7 Å². The van der Waals surface area contributed by atoms with Gasteiger partial charge >= 0.3 is 0 Å². The van der Waals surface area contributed by atoms with Crippen LogP contribution in [0.1, 0.15) is 31.0 Å². The molecule has 0 bridgehead atoms. The highest BCUT2D eigenvalue weighted by molar-refractivity contribution is 7.98. The van der Waals surface area contributed by atoms with Crippen molar-refractivity contribution in [2.24, 2.45) is 0 Å². The number of thioether (sulfide) groups is 1. The average Bonchev–Trinajstić information content (AvgIpc) is 3.31. The summed E-state index contributed by atoms with van der Waals surface area (Å²) in [5, 5.41) is 12.4. The van der Waals surface area contributed by atoms with Gasteiger partial charge in [0.15, 0.2) is 0 Å². The zero-order valence-electron chi connectivity index (χ0n) is 20.3. The Balaban J connectivity index is 1.47. The number of benzene rings is 2. The molecule has 2 aromatic heterocycles. The number of carbonyl (C=O) groups is 1. The maximum atomic E-state index is 13.7. The molecular weight excluding hydrogens is 508 g/mol. The van der Waals surface area contributed by atoms with Crippen LogP contribution in [-0.4, -0.2) is 32.3 Å². The third-order valence-corrected chi connectivity index (χ3v) is 7.10. The summed E-state index contributed by atoms with van der Waals surface area (Å²) in [5.74, 6) is 1.54. The molecule has 1 atom stereocenters. The Morgan fingerprint density at radius 2 is 1.89 bits per heavy atom. The lowest BCUT2D eigenvalue weighted by Gasteiger charge is -2.28. The van der Waals surface area contributed by atoms with Gasteiger partial charge < -0.3 is 15.4 Å². The number of nitrogens with one attached hydrogen (secondary N) is 2. The fourth-order valence-corrected chi connectivity index (χ4v) is 5.25. The van der Waals surface area contributed by atoms with E-state index >= 15 is 0 Å². The number of amides is 1. The zero-order chi connectivity index (χ0) is 25.8. The van der Waals surface area contributed by atoms with E-state index in [1.807, 2.05) is 74.5 Å². The van der Waals surface area contributed by atoms with E-state index in [9.17, 15) is 4.79 Å². The largest absolute Gasteiger partial charge is 0.492 e. The van der Waals surface area contributed by atoms with Crippen molar-refractivity contribution >= 4 is 40.9 Å². The van der Waals surface area contributed by atoms with E-state index in [1.54, 1.807) is 17.1 Å². The highest BCUT2D eigenvalue weighted by atomic mass is 35.5. The van der Waals surface area contributed by atoms with E-state index in [4.69, 9.17) is 26.4 Å². The maximum Gasteiger partial charge on any atom is 0.255 e. The van der Waals surface area contributed by atoms with Gasteiger partial charge in [-0.05, 0) is 55.3 Å². The van der Waals surface area contributed by atoms with Crippen LogP contribution in [0.4, 0.5) is 11.6 Å². The predicted molar refractivity (Wildman–Crippen MR) is 146 cm³/mol. The number of hydrogen-bond donors (Lipinski definition) is 2. The SMILES string of the molecule is CCOc1ccccc1NC(=O)C1=C(C)Nc2nc(SCc3ccccc3Cl)nn2C1c1ccncc1. The zero-order valence-corrected chi connectivity index (χ0v) is 21.9. The third kappa shape index (κ3) is 5.33. The van der Waals surface area contributed by atoms with Gasteiger partial charge in [-0.3, -0.25) is 9.78 Å². The van der Waals surface area contributed by atoms with Gasteiger partial charge in [0.2, 0.25) is 11.1 Å². The lowest BCUT2D eigenvalue weighted by molar-refractivity contribution is -0.113. The Kier molecular flexibility index (Phi) is 7.43. The summed E-state index contributed by atoms with van der Waals surface area (Å²) in [6, 6.07) is 18.4. The lowest BCUT2D eigenvalue weighted by Crippen LogP contribution is -2.31. The molecule has 2 N–H and O–H groups in total. The minimum absolute atomic E-state index is 0.259. The van der Waals surface area contributed by atoms with Crippen LogP contribution in [-0.2, 0) is 10.5 Å². The number of carbonyl (C=O) groups excluding carboxylic acids is 1. The molecule has 8 nitrogen and oxygen atoms in total. The first-order valence-corrected chi connectivity index (χ1v) is 13.1. The molecule has 1 unspecified atom stereocenters. The van der Waals surface area contributed by atoms with Gasteiger partial charge in [-0.2, -0.15) is 4.98 Å². The fourth-order valence-electron chi connectivity index (χ4n) is 4.14. The molecule has 0 saturated heterocycles. The van der Waals surface area contributed by atoms with Crippen LogP contribution in [0.5, 0.6) is 5.75 Å². The number of halogens is 1. The summed E-state index contributed by atoms with van der Waals surface area (Å²) in [7, 11) is 0. The minimum atomic E-state index is -0.499. The van der Waals surface area contributed by atoms with Crippen LogP contribution < -0.4 is 15.4 Å². The molecule has 10 heteroatoms. The summed E-state index contributed by atoms with van der Waals surface area (Å²) in [6.45, 7) is 4.27. The number of fused-ring (bicyclic) bond motifs is 1. The predicted octanol–water partition coefficient (Wildman–Crippen LogP) is 5.95. The molecule has 188 valence electrons. The Labute approximate surface area is 224 Å². The van der Waals surface area contributed by atoms with Crippen molar-refractivity contribution in [2.75, 3.05) is 17.2 Å². The molecule has 4 aromatic rings. The molecule has 0 fully saturated rings. The van der Waals surface area contributed by atoms with E-state index in [1.165, 1.54) is 11.8 Å². The van der Waals surface area contributed by atoms with Gasteiger partial charge in [-0.15, -0.1) is 5.10 Å². The summed E-state index contributed by atoms with van der Waals surface area (Å²) in [6.07, 6.45) is 3.41. The first kappa shape index (κ1) is 24.9. The van der Waals surface area contributed by atoms with Crippen LogP contribution in [0.3, 0.4) is 0 Å². The topological polar surface area (TPSA) is 94.0 Å². The molecule has 1 aliphatic rings. The number of para-hydroxylation sites is 2. The number of aromatic nitrogens is 4. The third-order valence-electron chi connectivity index (χ3n) is 5.85. The molecule has 5 rings (SSSR count). The van der Waals surface area contributed by atoms with Crippen LogP contribution in [0.25, 0.3) is 0 Å². The second kappa shape index (κ2) is 11.1. The van der Waals surface area contributed by atoms with Crippen LogP contribution >= 0.6 is 23.4 Å². The van der Waals surface area contributed by atoms with Crippen molar-refractivity contribution in [3.05, 3.63) is 100 Å². The van der Waals surface area contributed by atoms with Gasteiger partial charge in [-0.1, -0.05) is 53.7 Å². The number of anilines is 2. The highest BCUT2D eigenvalue weighted by Gasteiger charge is 2.34. The first-order valence-electron chi connectivity index (χ1n) is 11.8. The molecule has 0 saturated carbocycles. The van der Waals surface area contributed by atoms with E-state index in [2.05, 4.69) is 15.6 Å². The molecule has 0 aliphatic carbocycles. The summed E-state index contributed by atoms with van der Waals surface area (Å²) < 4.78 is 7.45. The number of allylic oxidation sites excluding steroid dienone is 1. The summed E-state index contributed by atoms with van der Waals surface area (Å²) >= 11 is 7.81. The van der Waals surface area contributed by atoms with Crippen molar-refractivity contribution in [2.45, 2.75) is 30.8 Å². The monoisotopic (exact) mass is 532 g/mol. The minimum Gasteiger partial charge on any atom is -0.492 e. The fraction of sp³-hybridized carbons (Fsp3) is 0.185. The summed E-state index contributed by atoms with van der Waals surface area (Å²) in [4.78, 5) is 22.6. The Hall–Kier alpha value is -3.82. The normalized spacial score (nSPS) is 14.6. The van der Waals surface area contributed by atoms with Gasteiger partial charge in [-0.25, -0.2) is 4.68 Å². The van der Waals surface area contributed by atoms with Crippen molar-refractivity contribution in [3.63, 3.8) is 0 Å². The molecule has 0 radical (unpaired) electrons. The molecule has 3 heterocycles. The lowest BCUT2D eigenvalue weighted by atomic mass is 9.96. The first-order chi connectivity index (χ1) is 18.0. The van der Waals surface area contributed by atoms with E-state index in [0.717, 1.165) is 11.1 Å². The van der Waals surface area contributed by atoms with Crippen LogP contribution in [0.15, 0.2) is 89.5 Å². The van der Waals surface area contributed by atoms with Crippen molar-refractivity contribution < 1.29 is 9.53 Å². The number of hydrogen-bond acceptors (Lipinski definition) is 7. The molecule has 37 heavy (non-hydrogen) atoms. The molecule has 0 spiro atoms. The number of rotatable bonds is 8. The highest BCUT2D eigenvalue weighted by Crippen LogP contribution is 2.37. The molecule has 1 aliphatic heterocycles. The van der Waals surface area contributed by atoms with Gasteiger partial charge in [0, 0.05) is 28.9 Å². The van der Waals surface area contributed by atoms with Crippen LogP contribution in [0, 0.1) is 0 Å². The van der Waals surface area contributed by atoms with Crippen LogP contribution in [0.2, 0.25) is 5.02 Å². The quantitative estimate of drug-likeness (QED) is 0.271. The number of ether oxygens (including phenoxy) is 1. The molecular formula is C27H25ClN6O2S. The average molecular weight is 533 g/mol. The maximum absolute atomic E-state index is 13.7. The second-order valence-corrected chi connectivity index (χ2v) is 9.62. The smallest absolute Gasteiger partial charge is 0.255 e. The standard InChI is InChI=1S/C27H25ClN6O2S/c1-3-36-22-11-7-6-10-21(22)31-25(35)23-17(2)30-26-32-27(37-16-19-8-4-5-9-20(19)28)33-34(26)24(23)18-12-14-29-15-13-18/h4-15,24H,3,16H2,1-2H3,(H,31,35)(H,30,32,33). The molecule has 1 amide bonds. The van der Waals surface area contributed by atoms with Gasteiger partial charge in [0.05, 0.1) is 17.9 Å². The van der Waals surface area contributed by atoms with E-state index in [0.29, 0.717) is 51.2 Å². The Bertz CT molecular complexity index is 1460. The molecule has 2 aromatic carbocycles. The Morgan fingerprint density at radius 3 is 2.68 bits per heavy atom.